The number of nitrogens with zero attached hydrogens (tertiary/aromatic N) is 1. The number of hydrogen-bond donors (Lipinski definition) is 0. The van der Waals surface area contributed by atoms with Gasteiger partial charge in [-0.25, -0.2) is 0 Å². The molecule has 0 saturated heterocycles. The third kappa shape index (κ3) is 0.805. The average Bonchev–Trinajstić information content (AvgIpc) is 2.33. The second-order valence-corrected chi connectivity index (χ2v) is 2.50. The molecule has 1 heterocycles. The lowest BCUT2D eigenvalue weighted by Gasteiger charge is -2.09. The van der Waals surface area contributed by atoms with Crippen molar-refractivity contribution in [3.8, 4) is 0 Å². The maximum atomic E-state index is 3.85. The van der Waals surface area contributed by atoms with Crippen LogP contribution in [-0.2, 0) is 0 Å². The highest BCUT2D eigenvalue weighted by Gasteiger charge is 2.15. The smallest absolute Gasteiger partial charge is 0.147 e. The van der Waals surface area contributed by atoms with Gasteiger partial charge in [-0.05, 0) is 36.8 Å². The third-order valence-corrected chi connectivity index (χ3v) is 1.85. The standard InChI is InChI=1S/C8H8N/c1-2-4-8-6-9-5-7(8)3-1/h1-4H2. The molecule has 1 aliphatic carbocycles. The van der Waals surface area contributed by atoms with Gasteiger partial charge in [-0.1, -0.05) is 0 Å². The van der Waals surface area contributed by atoms with Gasteiger partial charge in [0.15, 0.2) is 0 Å². The second kappa shape index (κ2) is 1.98. The van der Waals surface area contributed by atoms with Crippen LogP contribution in [0.25, 0.3) is 0 Å². The summed E-state index contributed by atoms with van der Waals surface area (Å²) in [6, 6.07) is 0. The van der Waals surface area contributed by atoms with Gasteiger partial charge in [-0.2, -0.15) is 0 Å². The van der Waals surface area contributed by atoms with Crippen LogP contribution < -0.4 is 0 Å². The Kier molecular flexibility index (Phi) is 1.15. The summed E-state index contributed by atoms with van der Waals surface area (Å²) in [5, 5.41) is 0. The molecule has 1 nitrogen and oxygen atoms in total. The normalized spacial score (nSPS) is 24.9. The van der Waals surface area contributed by atoms with Crippen molar-refractivity contribution in [3.63, 3.8) is 0 Å². The molecule has 0 fully saturated rings. The van der Waals surface area contributed by atoms with Crippen molar-refractivity contribution in [1.29, 1.82) is 0 Å². The maximum Gasteiger partial charge on any atom is 0.147 e. The van der Waals surface area contributed by atoms with Gasteiger partial charge in [0.2, 0.25) is 0 Å². The molecule has 0 spiro atoms. The first kappa shape index (κ1) is 5.21. The fourth-order valence-corrected chi connectivity index (χ4v) is 1.32. The zero-order valence-electron chi connectivity index (χ0n) is 5.28. The Morgan fingerprint density at radius 3 is 2.67 bits per heavy atom. The quantitative estimate of drug-likeness (QED) is 0.460. The van der Waals surface area contributed by atoms with E-state index >= 15 is 0 Å². The fourth-order valence-electron chi connectivity index (χ4n) is 1.32. The zero-order valence-corrected chi connectivity index (χ0v) is 5.28. The van der Waals surface area contributed by atoms with E-state index in [-0.39, 0.29) is 0 Å². The molecule has 0 unspecified atom stereocenters. The van der Waals surface area contributed by atoms with Crippen molar-refractivity contribution in [1.82, 2.24) is 0 Å². The Labute approximate surface area is 55.5 Å². The molecule has 0 aromatic heterocycles. The molecule has 2 aliphatic rings. The van der Waals surface area contributed by atoms with E-state index in [1.165, 1.54) is 36.8 Å². The Morgan fingerprint density at radius 2 is 1.89 bits per heavy atom. The van der Waals surface area contributed by atoms with E-state index in [9.17, 15) is 0 Å². The summed E-state index contributed by atoms with van der Waals surface area (Å²) < 4.78 is 0. The zero-order chi connectivity index (χ0) is 6.10. The average molecular weight is 118 g/mol. The molecule has 0 N–H and O–H groups in total. The summed E-state index contributed by atoms with van der Waals surface area (Å²) >= 11 is 0. The summed E-state index contributed by atoms with van der Waals surface area (Å²) in [6.07, 6.45) is 7.91. The fraction of sp³-hybridized carbons (Fsp3) is 0.500. The first-order valence-corrected chi connectivity index (χ1v) is 3.40. The van der Waals surface area contributed by atoms with Crippen LogP contribution in [0.4, 0.5) is 0 Å². The van der Waals surface area contributed by atoms with Gasteiger partial charge in [0.05, 0.1) is 6.21 Å². The van der Waals surface area contributed by atoms with Crippen LogP contribution in [0.2, 0.25) is 0 Å². The minimum absolute atomic E-state index is 1.17. The predicted octanol–water partition coefficient (Wildman–Crippen LogP) is 1.86. The van der Waals surface area contributed by atoms with Crippen LogP contribution in [0, 0.1) is 6.54 Å². The summed E-state index contributed by atoms with van der Waals surface area (Å²) in [5.74, 6) is 0. The topological polar surface area (TPSA) is 12.4 Å². The SMILES string of the molecule is [C]1N=[C]C2=C1CCCC2. The molecule has 1 aliphatic heterocycles. The van der Waals surface area contributed by atoms with Gasteiger partial charge in [-0.3, -0.25) is 4.99 Å². The minimum atomic E-state index is 1.17. The van der Waals surface area contributed by atoms with E-state index in [1.807, 2.05) is 0 Å². The Hall–Kier alpha value is -0.590. The number of allylic oxidation sites excluding steroid dienone is 1. The molecule has 3 radical (unpaired) electrons. The third-order valence-electron chi connectivity index (χ3n) is 1.85. The van der Waals surface area contributed by atoms with Crippen molar-refractivity contribution in [2.45, 2.75) is 25.7 Å². The lowest BCUT2D eigenvalue weighted by atomic mass is 9.94. The molecular weight excluding hydrogens is 110 g/mol. The van der Waals surface area contributed by atoms with Gasteiger partial charge in [0, 0.05) is 0 Å². The highest BCUT2D eigenvalue weighted by atomic mass is 14.7. The van der Waals surface area contributed by atoms with Crippen LogP contribution in [0.3, 0.4) is 0 Å². The van der Waals surface area contributed by atoms with Crippen molar-refractivity contribution < 1.29 is 0 Å². The summed E-state index contributed by atoms with van der Waals surface area (Å²) in [4.78, 5) is 3.85. The molecule has 0 aromatic carbocycles. The van der Waals surface area contributed by atoms with Crippen LogP contribution in [-0.4, -0.2) is 6.21 Å². The predicted molar refractivity (Wildman–Crippen MR) is 36.2 cm³/mol. The monoisotopic (exact) mass is 118 g/mol. The molecule has 45 valence electrons. The van der Waals surface area contributed by atoms with Gasteiger partial charge in [0.1, 0.15) is 6.54 Å². The van der Waals surface area contributed by atoms with Gasteiger partial charge in [0.25, 0.3) is 0 Å². The Morgan fingerprint density at radius 1 is 1.11 bits per heavy atom. The highest BCUT2D eigenvalue weighted by molar-refractivity contribution is 5.84. The first-order chi connectivity index (χ1) is 4.47. The minimum Gasteiger partial charge on any atom is -0.266 e. The Bertz CT molecular complexity index is 177. The van der Waals surface area contributed by atoms with E-state index in [4.69, 9.17) is 0 Å². The second-order valence-electron chi connectivity index (χ2n) is 2.50. The van der Waals surface area contributed by atoms with Crippen molar-refractivity contribution >= 4 is 6.21 Å². The van der Waals surface area contributed by atoms with Crippen molar-refractivity contribution in [2.75, 3.05) is 0 Å². The lowest BCUT2D eigenvalue weighted by Crippen LogP contribution is -1.95. The van der Waals surface area contributed by atoms with E-state index < -0.39 is 0 Å². The van der Waals surface area contributed by atoms with E-state index in [2.05, 4.69) is 17.8 Å². The maximum absolute atomic E-state index is 3.85. The molecule has 2 rings (SSSR count). The van der Waals surface area contributed by atoms with Gasteiger partial charge in [-0.15, -0.1) is 0 Å². The summed E-state index contributed by atoms with van der Waals surface area (Å²) in [5.41, 5.74) is 2.61. The van der Waals surface area contributed by atoms with E-state index in [0.29, 0.717) is 0 Å². The lowest BCUT2D eigenvalue weighted by molar-refractivity contribution is 0.698. The summed E-state index contributed by atoms with van der Waals surface area (Å²) in [7, 11) is 0. The number of aliphatic imine (C=N–C) groups is 1. The molecule has 0 amide bonds. The van der Waals surface area contributed by atoms with Gasteiger partial charge >= 0.3 is 0 Å². The van der Waals surface area contributed by atoms with Crippen molar-refractivity contribution in [2.24, 2.45) is 4.99 Å². The van der Waals surface area contributed by atoms with E-state index in [0.717, 1.165) is 0 Å². The number of rotatable bonds is 0. The van der Waals surface area contributed by atoms with Crippen LogP contribution in [0.5, 0.6) is 0 Å². The molecule has 0 bridgehead atoms. The molecular formula is C8H8N. The summed E-state index contributed by atoms with van der Waals surface area (Å²) in [6.45, 7) is 2.95. The Balaban J connectivity index is 2.24. The highest BCUT2D eigenvalue weighted by Crippen LogP contribution is 2.28. The first-order valence-electron chi connectivity index (χ1n) is 3.40. The van der Waals surface area contributed by atoms with Gasteiger partial charge < -0.3 is 0 Å². The molecule has 0 saturated carbocycles. The molecule has 9 heavy (non-hydrogen) atoms. The van der Waals surface area contributed by atoms with Crippen LogP contribution in [0.15, 0.2) is 16.1 Å². The largest absolute Gasteiger partial charge is 0.266 e. The van der Waals surface area contributed by atoms with E-state index in [1.54, 1.807) is 0 Å². The van der Waals surface area contributed by atoms with Crippen LogP contribution in [0.1, 0.15) is 25.7 Å². The van der Waals surface area contributed by atoms with Crippen LogP contribution >= 0.6 is 0 Å². The molecule has 0 aromatic rings. The number of hydrogen-bond acceptors (Lipinski definition) is 1. The molecule has 1 heteroatoms. The van der Waals surface area contributed by atoms with Crippen molar-refractivity contribution in [3.05, 3.63) is 17.7 Å². The molecule has 0 atom stereocenters.